The Hall–Kier alpha value is -0.0800. The lowest BCUT2D eigenvalue weighted by atomic mass is 9.99. The number of nitrogens with zero attached hydrogens (tertiary/aromatic N) is 1. The molecule has 0 saturated heterocycles. The van der Waals surface area contributed by atoms with Crippen molar-refractivity contribution in [3.05, 3.63) is 0 Å². The van der Waals surface area contributed by atoms with Crippen molar-refractivity contribution in [3.8, 4) is 0 Å². The average Bonchev–Trinajstić information content (AvgIpc) is 2.39. The molecule has 0 spiro atoms. The lowest BCUT2D eigenvalue weighted by molar-refractivity contribution is 0.238. The van der Waals surface area contributed by atoms with Crippen molar-refractivity contribution in [1.29, 1.82) is 0 Å². The number of hydrazine groups is 1. The molecule has 110 valence electrons. The SMILES string of the molecule is CCCCCCCCCCC(C)CCN(C)NC. The second-order valence-corrected chi connectivity index (χ2v) is 5.80. The van der Waals surface area contributed by atoms with Gasteiger partial charge < -0.3 is 0 Å². The summed E-state index contributed by atoms with van der Waals surface area (Å²) in [6.07, 6.45) is 14.2. The summed E-state index contributed by atoms with van der Waals surface area (Å²) in [5.41, 5.74) is 3.15. The number of unbranched alkanes of at least 4 members (excludes halogenated alkanes) is 7. The molecule has 1 atom stereocenters. The summed E-state index contributed by atoms with van der Waals surface area (Å²) < 4.78 is 0. The van der Waals surface area contributed by atoms with Crippen molar-refractivity contribution in [2.75, 3.05) is 20.6 Å². The highest BCUT2D eigenvalue weighted by molar-refractivity contribution is 4.56. The average molecular weight is 256 g/mol. The van der Waals surface area contributed by atoms with Gasteiger partial charge in [0.15, 0.2) is 0 Å². The second kappa shape index (κ2) is 13.4. The predicted octanol–water partition coefficient (Wildman–Crippen LogP) is 4.61. The van der Waals surface area contributed by atoms with E-state index in [0.717, 1.165) is 12.5 Å². The molecule has 0 aromatic heterocycles. The van der Waals surface area contributed by atoms with Crippen LogP contribution in [0, 0.1) is 5.92 Å². The Morgan fingerprint density at radius 1 is 0.889 bits per heavy atom. The Morgan fingerprint density at radius 2 is 1.44 bits per heavy atom. The predicted molar refractivity (Wildman–Crippen MR) is 82.7 cm³/mol. The van der Waals surface area contributed by atoms with Crippen molar-refractivity contribution in [1.82, 2.24) is 10.4 Å². The molecule has 0 bridgehead atoms. The van der Waals surface area contributed by atoms with Crippen molar-refractivity contribution in [2.45, 2.75) is 78.1 Å². The fourth-order valence-electron chi connectivity index (χ4n) is 2.30. The van der Waals surface area contributed by atoms with Gasteiger partial charge in [-0.25, -0.2) is 5.01 Å². The number of nitrogens with one attached hydrogen (secondary N) is 1. The molecule has 0 amide bonds. The van der Waals surface area contributed by atoms with Crippen molar-refractivity contribution in [2.24, 2.45) is 5.92 Å². The Balaban J connectivity index is 3.17. The minimum Gasteiger partial charge on any atom is -0.259 e. The molecule has 0 rings (SSSR count). The van der Waals surface area contributed by atoms with Crippen molar-refractivity contribution >= 4 is 0 Å². The molecule has 1 unspecified atom stereocenters. The molecule has 0 aliphatic carbocycles. The molecule has 2 nitrogen and oxygen atoms in total. The highest BCUT2D eigenvalue weighted by Gasteiger charge is 2.03. The lowest BCUT2D eigenvalue weighted by Crippen LogP contribution is -2.32. The summed E-state index contributed by atoms with van der Waals surface area (Å²) in [5, 5.41) is 2.17. The molecule has 0 aliphatic heterocycles. The maximum Gasteiger partial charge on any atom is 0.0130 e. The van der Waals surface area contributed by atoms with E-state index in [-0.39, 0.29) is 0 Å². The van der Waals surface area contributed by atoms with E-state index in [0.29, 0.717) is 0 Å². The van der Waals surface area contributed by atoms with E-state index in [2.05, 4.69) is 31.3 Å². The maximum absolute atomic E-state index is 3.15. The third-order valence-corrected chi connectivity index (χ3v) is 3.89. The molecule has 0 fully saturated rings. The first-order valence-electron chi connectivity index (χ1n) is 8.09. The van der Waals surface area contributed by atoms with Crippen LogP contribution in [-0.2, 0) is 0 Å². The molecular formula is C16H36N2. The minimum absolute atomic E-state index is 0.876. The van der Waals surface area contributed by atoms with E-state index in [9.17, 15) is 0 Å². The molecular weight excluding hydrogens is 220 g/mol. The van der Waals surface area contributed by atoms with Crippen LogP contribution >= 0.6 is 0 Å². The summed E-state index contributed by atoms with van der Waals surface area (Å²) in [4.78, 5) is 0. The standard InChI is InChI=1S/C16H36N2/c1-5-6-7-8-9-10-11-12-13-16(2)14-15-18(4)17-3/h16-17H,5-15H2,1-4H3. The Bertz CT molecular complexity index is 159. The highest BCUT2D eigenvalue weighted by atomic mass is 15.5. The summed E-state index contributed by atoms with van der Waals surface area (Å²) in [6, 6.07) is 0. The first-order chi connectivity index (χ1) is 8.70. The monoisotopic (exact) mass is 256 g/mol. The fourth-order valence-corrected chi connectivity index (χ4v) is 2.30. The Labute approximate surface area is 115 Å². The van der Waals surface area contributed by atoms with Gasteiger partial charge in [0.2, 0.25) is 0 Å². The first kappa shape index (κ1) is 17.9. The number of hydrogen-bond donors (Lipinski definition) is 1. The van der Waals surface area contributed by atoms with Gasteiger partial charge in [0.05, 0.1) is 0 Å². The van der Waals surface area contributed by atoms with E-state index in [4.69, 9.17) is 0 Å². The molecule has 1 N–H and O–H groups in total. The topological polar surface area (TPSA) is 15.3 Å². The Kier molecular flexibility index (Phi) is 13.3. The molecule has 0 radical (unpaired) electrons. The van der Waals surface area contributed by atoms with Crippen LogP contribution in [0.3, 0.4) is 0 Å². The van der Waals surface area contributed by atoms with Crippen LogP contribution in [-0.4, -0.2) is 25.6 Å². The second-order valence-electron chi connectivity index (χ2n) is 5.80. The molecule has 0 aliphatic rings. The van der Waals surface area contributed by atoms with Crippen LogP contribution in [0.5, 0.6) is 0 Å². The zero-order chi connectivity index (χ0) is 13.6. The molecule has 0 saturated carbocycles. The van der Waals surface area contributed by atoms with Gasteiger partial charge in [0.25, 0.3) is 0 Å². The highest BCUT2D eigenvalue weighted by Crippen LogP contribution is 2.15. The van der Waals surface area contributed by atoms with Crippen LogP contribution in [0.15, 0.2) is 0 Å². The van der Waals surface area contributed by atoms with Gasteiger partial charge in [-0.2, -0.15) is 0 Å². The molecule has 0 aromatic carbocycles. The van der Waals surface area contributed by atoms with E-state index < -0.39 is 0 Å². The van der Waals surface area contributed by atoms with Crippen molar-refractivity contribution < 1.29 is 0 Å². The van der Waals surface area contributed by atoms with Crippen LogP contribution in [0.2, 0.25) is 0 Å². The Morgan fingerprint density at radius 3 is 2.00 bits per heavy atom. The summed E-state index contributed by atoms with van der Waals surface area (Å²) in [7, 11) is 4.10. The smallest absolute Gasteiger partial charge is 0.0130 e. The third kappa shape index (κ3) is 12.4. The molecule has 2 heteroatoms. The zero-order valence-electron chi connectivity index (χ0n) is 13.3. The van der Waals surface area contributed by atoms with E-state index >= 15 is 0 Å². The van der Waals surface area contributed by atoms with Gasteiger partial charge in [-0.3, -0.25) is 5.43 Å². The summed E-state index contributed by atoms with van der Waals surface area (Å²) >= 11 is 0. The maximum atomic E-state index is 3.15. The van der Waals surface area contributed by atoms with Gasteiger partial charge >= 0.3 is 0 Å². The van der Waals surface area contributed by atoms with Crippen LogP contribution in [0.1, 0.15) is 78.1 Å². The van der Waals surface area contributed by atoms with Gasteiger partial charge in [0.1, 0.15) is 0 Å². The molecule has 0 heterocycles. The number of hydrogen-bond acceptors (Lipinski definition) is 2. The van der Waals surface area contributed by atoms with Crippen LogP contribution < -0.4 is 5.43 Å². The van der Waals surface area contributed by atoms with Crippen LogP contribution in [0.4, 0.5) is 0 Å². The van der Waals surface area contributed by atoms with Gasteiger partial charge in [0, 0.05) is 13.6 Å². The van der Waals surface area contributed by atoms with Gasteiger partial charge in [-0.15, -0.1) is 0 Å². The van der Waals surface area contributed by atoms with Gasteiger partial charge in [-0.05, 0) is 19.4 Å². The quantitative estimate of drug-likeness (QED) is 0.382. The normalized spacial score (nSPS) is 13.2. The fraction of sp³-hybridized carbons (Fsp3) is 1.00. The lowest BCUT2D eigenvalue weighted by Gasteiger charge is -2.18. The summed E-state index contributed by atoms with van der Waals surface area (Å²) in [6.45, 7) is 5.84. The summed E-state index contributed by atoms with van der Waals surface area (Å²) in [5.74, 6) is 0.876. The minimum atomic E-state index is 0.876. The third-order valence-electron chi connectivity index (χ3n) is 3.89. The molecule has 0 aromatic rings. The zero-order valence-corrected chi connectivity index (χ0v) is 13.3. The van der Waals surface area contributed by atoms with E-state index in [1.165, 1.54) is 64.2 Å². The van der Waals surface area contributed by atoms with Crippen molar-refractivity contribution in [3.63, 3.8) is 0 Å². The van der Waals surface area contributed by atoms with E-state index in [1.807, 2.05) is 7.05 Å². The first-order valence-corrected chi connectivity index (χ1v) is 8.09. The van der Waals surface area contributed by atoms with Gasteiger partial charge in [-0.1, -0.05) is 71.6 Å². The van der Waals surface area contributed by atoms with Crippen LogP contribution in [0.25, 0.3) is 0 Å². The number of rotatable bonds is 13. The largest absolute Gasteiger partial charge is 0.259 e. The molecule has 18 heavy (non-hydrogen) atoms. The van der Waals surface area contributed by atoms with E-state index in [1.54, 1.807) is 0 Å².